The summed E-state index contributed by atoms with van der Waals surface area (Å²) >= 11 is 1.77. The number of hydrogen-bond donors (Lipinski definition) is 0. The molecule has 1 aromatic carbocycles. The van der Waals surface area contributed by atoms with Crippen molar-refractivity contribution in [3.8, 4) is 11.5 Å². The molecule has 2 aliphatic rings. The van der Waals surface area contributed by atoms with Crippen molar-refractivity contribution in [3.05, 3.63) is 23.8 Å². The van der Waals surface area contributed by atoms with Gasteiger partial charge in [-0.25, -0.2) is 0 Å². The molecule has 1 aromatic rings. The molecular weight excluding hydrogens is 248 g/mol. The fraction of sp³-hybridized carbons (Fsp3) is 0.500. The Hall–Kier alpha value is -1.16. The number of ether oxygens (including phenoxy) is 2. The van der Waals surface area contributed by atoms with E-state index in [1.807, 2.05) is 18.2 Å². The van der Waals surface area contributed by atoms with Crippen LogP contribution in [0.5, 0.6) is 11.5 Å². The van der Waals surface area contributed by atoms with Gasteiger partial charge in [0.15, 0.2) is 17.3 Å². The molecule has 0 radical (unpaired) electrons. The summed E-state index contributed by atoms with van der Waals surface area (Å²) in [7, 11) is 0. The third-order valence-corrected chi connectivity index (χ3v) is 4.68. The molecule has 1 unspecified atom stereocenters. The highest BCUT2D eigenvalue weighted by atomic mass is 32.2. The molecule has 2 aliphatic heterocycles. The van der Waals surface area contributed by atoms with Crippen LogP contribution in [0, 0.1) is 0 Å². The molecule has 1 saturated heterocycles. The lowest BCUT2D eigenvalue weighted by molar-refractivity contribution is 0.0973. The second-order valence-electron chi connectivity index (χ2n) is 4.55. The summed E-state index contributed by atoms with van der Waals surface area (Å²) in [5.74, 6) is 2.62. The molecule has 18 heavy (non-hydrogen) atoms. The minimum absolute atomic E-state index is 0.0933. The minimum Gasteiger partial charge on any atom is -0.486 e. The highest BCUT2D eigenvalue weighted by Gasteiger charge is 2.27. The van der Waals surface area contributed by atoms with Crippen molar-refractivity contribution in [2.45, 2.75) is 24.5 Å². The van der Waals surface area contributed by atoms with Crippen LogP contribution in [0.15, 0.2) is 18.2 Å². The average molecular weight is 264 g/mol. The Morgan fingerprint density at radius 3 is 2.94 bits per heavy atom. The number of ketones is 1. The number of fused-ring (bicyclic) bond motifs is 1. The topological polar surface area (TPSA) is 35.5 Å². The predicted octanol–water partition coefficient (Wildman–Crippen LogP) is 2.93. The normalized spacial score (nSPS) is 22.6. The van der Waals surface area contributed by atoms with Gasteiger partial charge in [-0.05, 0) is 30.7 Å². The molecule has 4 heteroatoms. The maximum Gasteiger partial charge on any atom is 0.179 e. The number of para-hydroxylation sites is 1. The van der Waals surface area contributed by atoms with E-state index in [1.165, 1.54) is 6.42 Å². The van der Waals surface area contributed by atoms with Gasteiger partial charge in [-0.2, -0.15) is 11.8 Å². The molecule has 0 amide bonds. The van der Waals surface area contributed by atoms with E-state index in [-0.39, 0.29) is 11.0 Å². The quantitative estimate of drug-likeness (QED) is 0.769. The Kier molecular flexibility index (Phi) is 3.46. The van der Waals surface area contributed by atoms with Crippen LogP contribution in [0.4, 0.5) is 0 Å². The summed E-state index contributed by atoms with van der Waals surface area (Å²) in [4.78, 5) is 12.5. The van der Waals surface area contributed by atoms with Crippen molar-refractivity contribution >= 4 is 17.5 Å². The van der Waals surface area contributed by atoms with Gasteiger partial charge in [-0.1, -0.05) is 12.5 Å². The van der Waals surface area contributed by atoms with E-state index in [9.17, 15) is 4.79 Å². The number of hydrogen-bond acceptors (Lipinski definition) is 4. The summed E-state index contributed by atoms with van der Waals surface area (Å²) in [6.07, 6.45) is 3.35. The molecule has 96 valence electrons. The summed E-state index contributed by atoms with van der Waals surface area (Å²) in [6, 6.07) is 5.58. The van der Waals surface area contributed by atoms with Gasteiger partial charge in [-0.3, -0.25) is 4.79 Å². The standard InChI is InChI=1S/C14H16O3S/c15-13(12-6-1-2-9-18-12)10-4-3-5-11-14(10)17-8-7-16-11/h3-5,12H,1-2,6-9H2. The van der Waals surface area contributed by atoms with E-state index in [2.05, 4.69) is 0 Å². The van der Waals surface area contributed by atoms with Gasteiger partial charge >= 0.3 is 0 Å². The molecule has 3 rings (SSSR count). The van der Waals surface area contributed by atoms with Gasteiger partial charge in [0.25, 0.3) is 0 Å². The lowest BCUT2D eigenvalue weighted by Gasteiger charge is -2.24. The Labute approximate surface area is 111 Å². The lowest BCUT2D eigenvalue weighted by atomic mass is 10.0. The van der Waals surface area contributed by atoms with Crippen molar-refractivity contribution in [2.75, 3.05) is 19.0 Å². The highest BCUT2D eigenvalue weighted by molar-refractivity contribution is 8.00. The van der Waals surface area contributed by atoms with Crippen LogP contribution in [-0.4, -0.2) is 30.0 Å². The first-order valence-corrected chi connectivity index (χ1v) is 7.45. The van der Waals surface area contributed by atoms with Gasteiger partial charge in [0.2, 0.25) is 0 Å². The fourth-order valence-corrected chi connectivity index (χ4v) is 3.66. The molecule has 0 aliphatic carbocycles. The van der Waals surface area contributed by atoms with Crippen molar-refractivity contribution in [3.63, 3.8) is 0 Å². The molecule has 0 N–H and O–H groups in total. The number of rotatable bonds is 2. The van der Waals surface area contributed by atoms with E-state index < -0.39 is 0 Å². The zero-order valence-corrected chi connectivity index (χ0v) is 11.0. The van der Waals surface area contributed by atoms with Gasteiger partial charge in [0, 0.05) is 0 Å². The Bertz CT molecular complexity index is 452. The van der Waals surface area contributed by atoms with E-state index in [1.54, 1.807) is 11.8 Å². The number of carbonyl (C=O) groups is 1. The van der Waals surface area contributed by atoms with Gasteiger partial charge in [-0.15, -0.1) is 0 Å². The first-order chi connectivity index (χ1) is 8.86. The zero-order chi connectivity index (χ0) is 12.4. The summed E-state index contributed by atoms with van der Waals surface area (Å²) in [5.41, 5.74) is 0.687. The average Bonchev–Trinajstić information content (AvgIpc) is 2.47. The molecule has 0 bridgehead atoms. The minimum atomic E-state index is 0.0933. The van der Waals surface area contributed by atoms with Crippen LogP contribution in [0.1, 0.15) is 29.6 Å². The maximum atomic E-state index is 12.5. The van der Waals surface area contributed by atoms with Crippen molar-refractivity contribution in [1.82, 2.24) is 0 Å². The van der Waals surface area contributed by atoms with Crippen molar-refractivity contribution in [2.24, 2.45) is 0 Å². The Balaban J connectivity index is 1.89. The van der Waals surface area contributed by atoms with Crippen LogP contribution >= 0.6 is 11.8 Å². The van der Waals surface area contributed by atoms with Crippen molar-refractivity contribution < 1.29 is 14.3 Å². The fourth-order valence-electron chi connectivity index (χ4n) is 2.39. The van der Waals surface area contributed by atoms with Crippen LogP contribution in [0.2, 0.25) is 0 Å². The smallest absolute Gasteiger partial charge is 0.179 e. The van der Waals surface area contributed by atoms with E-state index >= 15 is 0 Å². The van der Waals surface area contributed by atoms with Gasteiger partial charge in [0.1, 0.15) is 13.2 Å². The third-order valence-electron chi connectivity index (χ3n) is 3.30. The largest absolute Gasteiger partial charge is 0.486 e. The Morgan fingerprint density at radius 1 is 1.22 bits per heavy atom. The highest BCUT2D eigenvalue weighted by Crippen LogP contribution is 2.37. The van der Waals surface area contributed by atoms with E-state index in [4.69, 9.17) is 9.47 Å². The number of carbonyl (C=O) groups excluding carboxylic acids is 1. The number of benzene rings is 1. The van der Waals surface area contributed by atoms with E-state index in [0.717, 1.165) is 18.6 Å². The molecule has 3 nitrogen and oxygen atoms in total. The maximum absolute atomic E-state index is 12.5. The van der Waals surface area contributed by atoms with E-state index in [0.29, 0.717) is 30.3 Å². The van der Waals surface area contributed by atoms with Crippen LogP contribution < -0.4 is 9.47 Å². The van der Waals surface area contributed by atoms with Crippen LogP contribution in [0.25, 0.3) is 0 Å². The van der Waals surface area contributed by atoms with Gasteiger partial charge in [0.05, 0.1) is 10.8 Å². The molecule has 0 saturated carbocycles. The summed E-state index contributed by atoms with van der Waals surface area (Å²) in [5, 5.41) is 0.0933. The molecule has 2 heterocycles. The van der Waals surface area contributed by atoms with Crippen molar-refractivity contribution in [1.29, 1.82) is 0 Å². The molecule has 1 fully saturated rings. The summed E-state index contributed by atoms with van der Waals surface area (Å²) < 4.78 is 11.1. The zero-order valence-electron chi connectivity index (χ0n) is 10.2. The Morgan fingerprint density at radius 2 is 2.11 bits per heavy atom. The third kappa shape index (κ3) is 2.21. The molecule has 1 atom stereocenters. The number of thioether (sulfide) groups is 1. The number of Topliss-reactive ketones (excluding diaryl/α,β-unsaturated/α-hetero) is 1. The first kappa shape index (κ1) is 11.9. The second kappa shape index (κ2) is 5.22. The molecule has 0 aromatic heterocycles. The lowest BCUT2D eigenvalue weighted by Crippen LogP contribution is -2.24. The molecule has 0 spiro atoms. The van der Waals surface area contributed by atoms with Crippen LogP contribution in [-0.2, 0) is 0 Å². The second-order valence-corrected chi connectivity index (χ2v) is 5.86. The summed E-state index contributed by atoms with van der Waals surface area (Å²) in [6.45, 7) is 1.08. The monoisotopic (exact) mass is 264 g/mol. The SMILES string of the molecule is O=C(c1cccc2c1OCCO2)C1CCCCS1. The predicted molar refractivity (Wildman–Crippen MR) is 71.9 cm³/mol. The van der Waals surface area contributed by atoms with Crippen LogP contribution in [0.3, 0.4) is 0 Å². The van der Waals surface area contributed by atoms with Gasteiger partial charge < -0.3 is 9.47 Å². The molecular formula is C14H16O3S. The first-order valence-electron chi connectivity index (χ1n) is 6.41.